The van der Waals surface area contributed by atoms with Crippen LogP contribution in [0.1, 0.15) is 5.56 Å². The summed E-state index contributed by atoms with van der Waals surface area (Å²) in [6.45, 7) is 0.372. The van der Waals surface area contributed by atoms with Gasteiger partial charge in [-0.05, 0) is 48.0 Å². The fourth-order valence-corrected chi connectivity index (χ4v) is 2.65. The van der Waals surface area contributed by atoms with Gasteiger partial charge in [-0.15, -0.1) is 0 Å². The maximum Gasteiger partial charge on any atom is 0.411 e. The Morgan fingerprint density at radius 2 is 1.93 bits per heavy atom. The molecule has 0 spiro atoms. The fraction of sp³-hybridized carbons (Fsp3) is 0.100. The number of anilines is 2. The van der Waals surface area contributed by atoms with E-state index >= 15 is 0 Å². The van der Waals surface area contributed by atoms with E-state index in [-0.39, 0.29) is 5.91 Å². The largest absolute Gasteiger partial charge is 0.488 e. The minimum atomic E-state index is -0.581. The fourth-order valence-electron chi connectivity index (χ4n) is 2.47. The van der Waals surface area contributed by atoms with Crippen molar-refractivity contribution in [3.8, 4) is 5.75 Å². The molecule has 2 aromatic carbocycles. The Balaban J connectivity index is 1.64. The lowest BCUT2D eigenvalue weighted by Gasteiger charge is -2.16. The topological polar surface area (TPSA) is 76.7 Å². The van der Waals surface area contributed by atoms with Crippen molar-refractivity contribution in [1.82, 2.24) is 0 Å². The Kier molecular flexibility index (Phi) is 5.78. The number of hydrogen-bond acceptors (Lipinski definition) is 4. The Bertz CT molecular complexity index is 937. The van der Waals surface area contributed by atoms with Gasteiger partial charge in [0.15, 0.2) is 0 Å². The zero-order valence-corrected chi connectivity index (χ0v) is 15.2. The molecule has 2 amide bonds. The number of nitrogens with one attached hydrogen (secondary N) is 2. The highest BCUT2D eigenvalue weighted by molar-refractivity contribution is 6.30. The Morgan fingerprint density at radius 3 is 2.70 bits per heavy atom. The number of halogens is 1. The number of ether oxygens (including phenoxy) is 2. The molecule has 0 atom stereocenters. The SMILES string of the molecule is COC(=O)Nc1cccc(NC(=O)/C=C/C2=Cc3cc(Cl)ccc3OC2)c1. The summed E-state index contributed by atoms with van der Waals surface area (Å²) in [5.41, 5.74) is 2.78. The molecule has 138 valence electrons. The first-order valence-electron chi connectivity index (χ1n) is 8.10. The predicted molar refractivity (Wildman–Crippen MR) is 105 cm³/mol. The van der Waals surface area contributed by atoms with Crippen molar-refractivity contribution < 1.29 is 19.1 Å². The number of amides is 2. The van der Waals surface area contributed by atoms with Gasteiger partial charge in [0.05, 0.1) is 7.11 Å². The normalized spacial score (nSPS) is 12.6. The average molecular weight is 385 g/mol. The van der Waals surface area contributed by atoms with E-state index in [4.69, 9.17) is 16.3 Å². The maximum absolute atomic E-state index is 12.1. The third-order valence-electron chi connectivity index (χ3n) is 3.72. The highest BCUT2D eigenvalue weighted by Crippen LogP contribution is 2.29. The van der Waals surface area contributed by atoms with Gasteiger partial charge in [-0.25, -0.2) is 4.79 Å². The van der Waals surface area contributed by atoms with Crippen molar-refractivity contribution in [3.63, 3.8) is 0 Å². The molecule has 0 fully saturated rings. The molecule has 7 heteroatoms. The molecule has 0 aromatic heterocycles. The van der Waals surface area contributed by atoms with Gasteiger partial charge in [0.25, 0.3) is 0 Å². The molecular formula is C20H17ClN2O4. The van der Waals surface area contributed by atoms with Crippen LogP contribution in [0.5, 0.6) is 5.75 Å². The van der Waals surface area contributed by atoms with Gasteiger partial charge in [-0.3, -0.25) is 10.1 Å². The minimum Gasteiger partial charge on any atom is -0.488 e. The standard InChI is InChI=1S/C20H17ClN2O4/c1-26-20(25)23-17-4-2-3-16(11-17)22-19(24)8-5-13-9-14-10-15(21)6-7-18(14)27-12-13/h2-11H,12H2,1H3,(H,22,24)(H,23,25)/b8-5+. The summed E-state index contributed by atoms with van der Waals surface area (Å²) in [4.78, 5) is 23.4. The molecule has 1 aliphatic rings. The molecule has 0 radical (unpaired) electrons. The van der Waals surface area contributed by atoms with E-state index in [1.54, 1.807) is 36.4 Å². The molecule has 2 N–H and O–H groups in total. The monoisotopic (exact) mass is 384 g/mol. The van der Waals surface area contributed by atoms with Gasteiger partial charge >= 0.3 is 6.09 Å². The van der Waals surface area contributed by atoms with Crippen molar-refractivity contribution in [2.75, 3.05) is 24.4 Å². The molecule has 1 aliphatic heterocycles. The third-order valence-corrected chi connectivity index (χ3v) is 3.95. The number of fused-ring (bicyclic) bond motifs is 1. The summed E-state index contributed by atoms with van der Waals surface area (Å²) < 4.78 is 10.2. The Hall–Kier alpha value is -3.25. The number of hydrogen-bond donors (Lipinski definition) is 2. The van der Waals surface area contributed by atoms with Crippen LogP contribution in [0.4, 0.5) is 16.2 Å². The number of benzene rings is 2. The predicted octanol–water partition coefficient (Wildman–Crippen LogP) is 4.49. The van der Waals surface area contributed by atoms with Crippen LogP contribution in [0.15, 0.2) is 60.2 Å². The maximum atomic E-state index is 12.1. The molecule has 2 aromatic rings. The second kappa shape index (κ2) is 8.42. The molecule has 0 bridgehead atoms. The van der Waals surface area contributed by atoms with Gasteiger partial charge in [0.2, 0.25) is 5.91 Å². The molecule has 3 rings (SSSR count). The van der Waals surface area contributed by atoms with Crippen molar-refractivity contribution in [3.05, 3.63) is 70.8 Å². The molecule has 27 heavy (non-hydrogen) atoms. The molecule has 0 unspecified atom stereocenters. The van der Waals surface area contributed by atoms with Crippen LogP contribution in [0, 0.1) is 0 Å². The van der Waals surface area contributed by atoms with Crippen LogP contribution in [0.3, 0.4) is 0 Å². The lowest BCUT2D eigenvalue weighted by atomic mass is 10.1. The lowest BCUT2D eigenvalue weighted by Crippen LogP contribution is -2.12. The number of rotatable bonds is 4. The van der Waals surface area contributed by atoms with Crippen molar-refractivity contribution in [2.45, 2.75) is 0 Å². The van der Waals surface area contributed by atoms with Crippen LogP contribution in [0.2, 0.25) is 5.02 Å². The summed E-state index contributed by atoms with van der Waals surface area (Å²) in [5.74, 6) is 0.457. The van der Waals surface area contributed by atoms with Gasteiger partial charge < -0.3 is 14.8 Å². The van der Waals surface area contributed by atoms with Crippen LogP contribution in [-0.4, -0.2) is 25.7 Å². The summed E-state index contributed by atoms with van der Waals surface area (Å²) in [5, 5.41) is 5.89. The van der Waals surface area contributed by atoms with Crippen LogP contribution < -0.4 is 15.4 Å². The zero-order chi connectivity index (χ0) is 19.2. The van der Waals surface area contributed by atoms with Crippen molar-refractivity contribution in [2.24, 2.45) is 0 Å². The first-order chi connectivity index (χ1) is 13.0. The van der Waals surface area contributed by atoms with Crippen molar-refractivity contribution in [1.29, 1.82) is 0 Å². The molecule has 1 heterocycles. The van der Waals surface area contributed by atoms with E-state index in [9.17, 15) is 9.59 Å². The summed E-state index contributed by atoms with van der Waals surface area (Å²) in [6, 6.07) is 12.1. The van der Waals surface area contributed by atoms with Gasteiger partial charge in [-0.2, -0.15) is 0 Å². The quantitative estimate of drug-likeness (QED) is 0.761. The van der Waals surface area contributed by atoms with Gasteiger partial charge in [0, 0.05) is 28.0 Å². The highest BCUT2D eigenvalue weighted by atomic mass is 35.5. The second-order valence-corrected chi connectivity index (χ2v) is 6.15. The van der Waals surface area contributed by atoms with Crippen LogP contribution in [-0.2, 0) is 9.53 Å². The Morgan fingerprint density at radius 1 is 1.15 bits per heavy atom. The van der Waals surface area contributed by atoms with Crippen LogP contribution in [0.25, 0.3) is 6.08 Å². The summed E-state index contributed by atoms with van der Waals surface area (Å²) >= 11 is 5.99. The smallest absolute Gasteiger partial charge is 0.411 e. The molecule has 0 saturated carbocycles. The van der Waals surface area contributed by atoms with E-state index in [1.807, 2.05) is 18.2 Å². The number of carbonyl (C=O) groups excluding carboxylic acids is 2. The second-order valence-electron chi connectivity index (χ2n) is 5.71. The van der Waals surface area contributed by atoms with Crippen molar-refractivity contribution >= 4 is 41.1 Å². The molecule has 6 nitrogen and oxygen atoms in total. The first kappa shape index (κ1) is 18.5. The highest BCUT2D eigenvalue weighted by Gasteiger charge is 2.10. The van der Waals surface area contributed by atoms with E-state index in [0.29, 0.717) is 23.0 Å². The average Bonchev–Trinajstić information content (AvgIpc) is 2.66. The number of methoxy groups -OCH3 is 1. The first-order valence-corrected chi connectivity index (χ1v) is 8.48. The Labute approximate surface area is 161 Å². The molecule has 0 aliphatic carbocycles. The third kappa shape index (κ3) is 5.12. The minimum absolute atomic E-state index is 0.303. The number of carbonyl (C=O) groups is 2. The van der Waals surface area contributed by atoms with E-state index in [0.717, 1.165) is 16.9 Å². The summed E-state index contributed by atoms with van der Waals surface area (Å²) in [7, 11) is 1.28. The molecular weight excluding hydrogens is 368 g/mol. The van der Waals surface area contributed by atoms with E-state index < -0.39 is 6.09 Å². The summed E-state index contributed by atoms with van der Waals surface area (Å²) in [6.07, 6.45) is 4.46. The molecule has 0 saturated heterocycles. The lowest BCUT2D eigenvalue weighted by molar-refractivity contribution is -0.111. The van der Waals surface area contributed by atoms with E-state index in [1.165, 1.54) is 13.2 Å². The van der Waals surface area contributed by atoms with Gasteiger partial charge in [0.1, 0.15) is 12.4 Å². The van der Waals surface area contributed by atoms with Crippen LogP contribution >= 0.6 is 11.6 Å². The van der Waals surface area contributed by atoms with E-state index in [2.05, 4.69) is 15.4 Å². The van der Waals surface area contributed by atoms with Gasteiger partial charge in [-0.1, -0.05) is 23.7 Å². The zero-order valence-electron chi connectivity index (χ0n) is 14.5.